The number of hydrogen-bond acceptors (Lipinski definition) is 4. The minimum atomic E-state index is -0.364. The third kappa shape index (κ3) is 5.57. The van der Waals surface area contributed by atoms with Crippen molar-refractivity contribution in [2.45, 2.75) is 0 Å². The lowest BCUT2D eigenvalue weighted by Crippen LogP contribution is -2.41. The van der Waals surface area contributed by atoms with E-state index < -0.39 is 0 Å². The summed E-state index contributed by atoms with van der Waals surface area (Å²) in [7, 11) is 3.10. The topological polar surface area (TPSA) is 96.7 Å². The van der Waals surface area contributed by atoms with E-state index in [1.807, 2.05) is 0 Å². The van der Waals surface area contributed by atoms with Crippen LogP contribution in [-0.4, -0.2) is 50.7 Å². The van der Waals surface area contributed by atoms with Crippen LogP contribution in [0.4, 0.5) is 16.2 Å². The molecular weight excluding hydrogens is 260 g/mol. The molecule has 7 nitrogen and oxygen atoms in total. The molecule has 0 unspecified atom stereocenters. The van der Waals surface area contributed by atoms with Crippen LogP contribution in [0.2, 0.25) is 0 Å². The van der Waals surface area contributed by atoms with Crippen molar-refractivity contribution in [2.75, 3.05) is 44.9 Å². The second-order valence-electron chi connectivity index (χ2n) is 4.25. The van der Waals surface area contributed by atoms with Gasteiger partial charge >= 0.3 is 6.03 Å². The summed E-state index contributed by atoms with van der Waals surface area (Å²) in [6.07, 6.45) is 0. The highest BCUT2D eigenvalue weighted by Gasteiger charge is 2.12. The monoisotopic (exact) mass is 280 g/mol. The maximum atomic E-state index is 11.8. The van der Waals surface area contributed by atoms with Crippen LogP contribution in [0.5, 0.6) is 0 Å². The highest BCUT2D eigenvalue weighted by molar-refractivity contribution is 5.92. The van der Waals surface area contributed by atoms with E-state index in [9.17, 15) is 9.59 Å². The van der Waals surface area contributed by atoms with Gasteiger partial charge < -0.3 is 26.0 Å². The fraction of sp³-hybridized carbons (Fsp3) is 0.385. The number of nitrogens with zero attached hydrogens (tertiary/aromatic N) is 1. The van der Waals surface area contributed by atoms with Gasteiger partial charge in [-0.05, 0) is 24.3 Å². The van der Waals surface area contributed by atoms with Crippen LogP contribution in [0.15, 0.2) is 24.3 Å². The molecule has 0 radical (unpaired) electrons. The smallest absolute Gasteiger partial charge is 0.322 e. The fourth-order valence-corrected chi connectivity index (χ4v) is 1.42. The van der Waals surface area contributed by atoms with Gasteiger partial charge in [0.15, 0.2) is 0 Å². The van der Waals surface area contributed by atoms with Gasteiger partial charge in [-0.3, -0.25) is 4.79 Å². The Morgan fingerprint density at radius 3 is 2.55 bits per heavy atom. The molecule has 4 N–H and O–H groups in total. The largest absolute Gasteiger partial charge is 0.399 e. The first-order valence-corrected chi connectivity index (χ1v) is 6.16. The number of hydrogen-bond donors (Lipinski definition) is 3. The molecule has 0 saturated heterocycles. The van der Waals surface area contributed by atoms with Gasteiger partial charge in [0.1, 0.15) is 6.54 Å². The van der Waals surface area contributed by atoms with E-state index >= 15 is 0 Å². The molecule has 0 atom stereocenters. The average molecular weight is 280 g/mol. The Morgan fingerprint density at radius 2 is 1.95 bits per heavy atom. The van der Waals surface area contributed by atoms with Crippen molar-refractivity contribution >= 4 is 23.3 Å². The number of nitrogen functional groups attached to an aromatic ring is 1. The Morgan fingerprint density at radius 1 is 1.30 bits per heavy atom. The first-order valence-electron chi connectivity index (χ1n) is 6.16. The normalized spacial score (nSPS) is 9.90. The van der Waals surface area contributed by atoms with Crippen LogP contribution in [0.1, 0.15) is 0 Å². The lowest BCUT2D eigenvalue weighted by molar-refractivity contribution is -0.121. The Hall–Kier alpha value is -2.28. The zero-order valence-electron chi connectivity index (χ0n) is 11.7. The number of likely N-dealkylation sites (N-methyl/N-ethyl adjacent to an activating group) is 1. The number of methoxy groups -OCH3 is 1. The molecule has 1 rings (SSSR count). The van der Waals surface area contributed by atoms with Crippen molar-refractivity contribution in [3.63, 3.8) is 0 Å². The Labute approximate surface area is 118 Å². The van der Waals surface area contributed by atoms with Crippen LogP contribution in [0.25, 0.3) is 0 Å². The van der Waals surface area contributed by atoms with E-state index in [1.54, 1.807) is 38.4 Å². The number of carbonyl (C=O) groups excluding carboxylic acids is 2. The quantitative estimate of drug-likeness (QED) is 0.522. The Bertz CT molecular complexity index is 447. The van der Waals surface area contributed by atoms with Gasteiger partial charge in [0.2, 0.25) is 5.91 Å². The van der Waals surface area contributed by atoms with Crippen LogP contribution in [0, 0.1) is 0 Å². The average Bonchev–Trinajstić information content (AvgIpc) is 2.41. The summed E-state index contributed by atoms with van der Waals surface area (Å²) in [5.41, 5.74) is 6.80. The standard InChI is InChI=1S/C13H20N4O3/c1-17(9-12(18)15-7-8-20-2)13(19)16-11-5-3-10(14)4-6-11/h3-6H,7-9,14H2,1-2H3,(H,15,18)(H,16,19). The summed E-state index contributed by atoms with van der Waals surface area (Å²) < 4.78 is 4.82. The molecule has 110 valence electrons. The molecule has 0 spiro atoms. The van der Waals surface area contributed by atoms with Crippen LogP contribution in [-0.2, 0) is 9.53 Å². The summed E-state index contributed by atoms with van der Waals surface area (Å²) in [5, 5.41) is 5.31. The maximum absolute atomic E-state index is 11.8. The van der Waals surface area contributed by atoms with Crippen molar-refractivity contribution in [2.24, 2.45) is 0 Å². The van der Waals surface area contributed by atoms with Gasteiger partial charge in [-0.25, -0.2) is 4.79 Å². The van der Waals surface area contributed by atoms with E-state index in [2.05, 4.69) is 10.6 Å². The molecule has 0 saturated carbocycles. The van der Waals surface area contributed by atoms with E-state index in [1.165, 1.54) is 4.90 Å². The van der Waals surface area contributed by atoms with E-state index in [-0.39, 0.29) is 18.5 Å². The third-order valence-electron chi connectivity index (χ3n) is 2.52. The zero-order chi connectivity index (χ0) is 15.0. The number of rotatable bonds is 6. The molecule has 20 heavy (non-hydrogen) atoms. The number of anilines is 2. The predicted octanol–water partition coefficient (Wildman–Crippen LogP) is 0.495. The fourth-order valence-electron chi connectivity index (χ4n) is 1.42. The van der Waals surface area contributed by atoms with Crippen molar-refractivity contribution < 1.29 is 14.3 Å². The van der Waals surface area contributed by atoms with Crippen molar-refractivity contribution in [3.8, 4) is 0 Å². The lowest BCUT2D eigenvalue weighted by Gasteiger charge is -2.17. The van der Waals surface area contributed by atoms with Gasteiger partial charge in [0.05, 0.1) is 6.61 Å². The SMILES string of the molecule is COCCNC(=O)CN(C)C(=O)Nc1ccc(N)cc1. The molecule has 0 aliphatic rings. The van der Waals surface area contributed by atoms with E-state index in [0.717, 1.165) is 0 Å². The highest BCUT2D eigenvalue weighted by atomic mass is 16.5. The molecular formula is C13H20N4O3. The number of nitrogens with two attached hydrogens (primary N) is 1. The number of amides is 3. The van der Waals surface area contributed by atoms with Crippen molar-refractivity contribution in [3.05, 3.63) is 24.3 Å². The Balaban J connectivity index is 2.38. The third-order valence-corrected chi connectivity index (χ3v) is 2.52. The number of nitrogens with one attached hydrogen (secondary N) is 2. The molecule has 0 aliphatic heterocycles. The first kappa shape index (κ1) is 15.8. The number of carbonyl (C=O) groups is 2. The molecule has 0 aromatic heterocycles. The number of ether oxygens (including phenoxy) is 1. The number of benzene rings is 1. The number of urea groups is 1. The molecule has 1 aromatic carbocycles. The molecule has 0 bridgehead atoms. The van der Waals surface area contributed by atoms with E-state index in [4.69, 9.17) is 10.5 Å². The minimum absolute atomic E-state index is 0.0233. The molecule has 1 aromatic rings. The maximum Gasteiger partial charge on any atom is 0.322 e. The van der Waals surface area contributed by atoms with Gasteiger partial charge in [0.25, 0.3) is 0 Å². The van der Waals surface area contributed by atoms with Gasteiger partial charge in [0, 0.05) is 32.1 Å². The van der Waals surface area contributed by atoms with Crippen molar-refractivity contribution in [1.82, 2.24) is 10.2 Å². The van der Waals surface area contributed by atoms with Crippen molar-refractivity contribution in [1.29, 1.82) is 0 Å². The first-order chi connectivity index (χ1) is 9.52. The molecule has 0 heterocycles. The summed E-state index contributed by atoms with van der Waals surface area (Å²) in [4.78, 5) is 24.7. The predicted molar refractivity (Wildman–Crippen MR) is 77.4 cm³/mol. The molecule has 0 aliphatic carbocycles. The summed E-state index contributed by atoms with van der Waals surface area (Å²) in [5.74, 6) is -0.239. The second kappa shape index (κ2) is 8.00. The van der Waals surface area contributed by atoms with Gasteiger partial charge in [-0.15, -0.1) is 0 Å². The van der Waals surface area contributed by atoms with Crippen LogP contribution < -0.4 is 16.4 Å². The second-order valence-corrected chi connectivity index (χ2v) is 4.25. The summed E-state index contributed by atoms with van der Waals surface area (Å²) in [6.45, 7) is 0.834. The Kier molecular flexibility index (Phi) is 6.31. The van der Waals surface area contributed by atoms with Gasteiger partial charge in [-0.2, -0.15) is 0 Å². The summed E-state index contributed by atoms with van der Waals surface area (Å²) >= 11 is 0. The summed E-state index contributed by atoms with van der Waals surface area (Å²) in [6, 6.07) is 6.40. The van der Waals surface area contributed by atoms with Crippen LogP contribution >= 0.6 is 0 Å². The molecule has 3 amide bonds. The zero-order valence-corrected chi connectivity index (χ0v) is 11.7. The molecule has 7 heteroatoms. The molecule has 0 fully saturated rings. The highest BCUT2D eigenvalue weighted by Crippen LogP contribution is 2.10. The van der Waals surface area contributed by atoms with Gasteiger partial charge in [-0.1, -0.05) is 0 Å². The lowest BCUT2D eigenvalue weighted by atomic mass is 10.3. The van der Waals surface area contributed by atoms with Crippen LogP contribution in [0.3, 0.4) is 0 Å². The minimum Gasteiger partial charge on any atom is -0.399 e. The van der Waals surface area contributed by atoms with E-state index in [0.29, 0.717) is 24.5 Å².